The van der Waals surface area contributed by atoms with Crippen LogP contribution in [0.3, 0.4) is 0 Å². The van der Waals surface area contributed by atoms with Gasteiger partial charge in [0.1, 0.15) is 6.26 Å². The number of rotatable bonds is 5. The molecule has 1 heterocycles. The highest BCUT2D eigenvalue weighted by Gasteiger charge is 2.07. The molecule has 0 aliphatic heterocycles. The van der Waals surface area contributed by atoms with Crippen LogP contribution in [0.15, 0.2) is 16.9 Å². The fraction of sp³-hybridized carbons (Fsp3) is 0.556. The van der Waals surface area contributed by atoms with Crippen molar-refractivity contribution < 1.29 is 9.32 Å². The van der Waals surface area contributed by atoms with Gasteiger partial charge in [0.15, 0.2) is 0 Å². The van der Waals surface area contributed by atoms with Crippen LogP contribution in [0, 0.1) is 5.92 Å². The number of amides is 1. The molecule has 4 heteroatoms. The molecular formula is C9H14N2O2. The Bertz CT molecular complexity index is 257. The lowest BCUT2D eigenvalue weighted by atomic mass is 10.0. The van der Waals surface area contributed by atoms with Crippen LogP contribution in [0.25, 0.3) is 0 Å². The molecule has 1 unspecified atom stereocenters. The van der Waals surface area contributed by atoms with E-state index < -0.39 is 0 Å². The summed E-state index contributed by atoms with van der Waals surface area (Å²) in [5, 5.41) is 3.78. The van der Waals surface area contributed by atoms with E-state index in [1.165, 1.54) is 0 Å². The van der Waals surface area contributed by atoms with Crippen molar-refractivity contribution in [3.05, 3.63) is 18.0 Å². The van der Waals surface area contributed by atoms with Crippen molar-refractivity contribution >= 4 is 5.91 Å². The Morgan fingerprint density at radius 2 is 2.54 bits per heavy atom. The number of nitrogens with zero attached hydrogens (tertiary/aromatic N) is 1. The summed E-state index contributed by atoms with van der Waals surface area (Å²) in [5.41, 5.74) is 6.00. The Morgan fingerprint density at radius 1 is 1.77 bits per heavy atom. The number of aromatic nitrogens is 1. The molecule has 1 aromatic heterocycles. The van der Waals surface area contributed by atoms with E-state index in [1.54, 1.807) is 6.26 Å². The topological polar surface area (TPSA) is 69.1 Å². The lowest BCUT2D eigenvalue weighted by molar-refractivity contribution is -0.118. The van der Waals surface area contributed by atoms with Gasteiger partial charge in [0.25, 0.3) is 0 Å². The Kier molecular flexibility index (Phi) is 3.49. The molecule has 1 rings (SSSR count). The number of hydrogen-bond acceptors (Lipinski definition) is 3. The van der Waals surface area contributed by atoms with Gasteiger partial charge in [-0.25, -0.2) is 0 Å². The van der Waals surface area contributed by atoms with Crippen molar-refractivity contribution in [2.45, 2.75) is 26.2 Å². The van der Waals surface area contributed by atoms with Gasteiger partial charge in [0.05, 0.1) is 5.69 Å². The van der Waals surface area contributed by atoms with Gasteiger partial charge in [0.2, 0.25) is 5.91 Å². The zero-order valence-electron chi connectivity index (χ0n) is 7.69. The molecule has 4 nitrogen and oxygen atoms in total. The minimum absolute atomic E-state index is 0.243. The van der Waals surface area contributed by atoms with Crippen LogP contribution < -0.4 is 5.73 Å². The van der Waals surface area contributed by atoms with Crippen LogP contribution in [0.4, 0.5) is 0 Å². The molecule has 0 saturated carbocycles. The van der Waals surface area contributed by atoms with Crippen molar-refractivity contribution in [3.8, 4) is 0 Å². The van der Waals surface area contributed by atoms with E-state index in [4.69, 9.17) is 5.73 Å². The number of carbonyl (C=O) groups is 1. The zero-order valence-corrected chi connectivity index (χ0v) is 7.69. The number of nitrogens with two attached hydrogens (primary N) is 1. The normalized spacial score (nSPS) is 12.7. The fourth-order valence-electron chi connectivity index (χ4n) is 1.21. The van der Waals surface area contributed by atoms with Gasteiger partial charge in [-0.05, 0) is 18.8 Å². The number of carbonyl (C=O) groups excluding carboxylic acids is 1. The largest absolute Gasteiger partial charge is 0.370 e. The van der Waals surface area contributed by atoms with Crippen molar-refractivity contribution in [1.29, 1.82) is 0 Å². The minimum atomic E-state index is -0.243. The molecule has 2 N–H and O–H groups in total. The maximum absolute atomic E-state index is 10.6. The summed E-state index contributed by atoms with van der Waals surface area (Å²) in [7, 11) is 0. The smallest absolute Gasteiger partial charge is 0.217 e. The van der Waals surface area contributed by atoms with Crippen molar-refractivity contribution in [2.75, 3.05) is 0 Å². The maximum atomic E-state index is 10.6. The predicted molar refractivity (Wildman–Crippen MR) is 47.8 cm³/mol. The molecule has 0 bridgehead atoms. The van der Waals surface area contributed by atoms with Crippen LogP contribution in [-0.4, -0.2) is 11.1 Å². The van der Waals surface area contributed by atoms with Crippen LogP contribution in [0.2, 0.25) is 0 Å². The summed E-state index contributed by atoms with van der Waals surface area (Å²) >= 11 is 0. The van der Waals surface area contributed by atoms with Crippen molar-refractivity contribution in [2.24, 2.45) is 11.7 Å². The molecule has 0 saturated heterocycles. The Hall–Kier alpha value is -1.32. The van der Waals surface area contributed by atoms with Crippen molar-refractivity contribution in [1.82, 2.24) is 5.16 Å². The van der Waals surface area contributed by atoms with E-state index in [0.29, 0.717) is 12.3 Å². The number of aryl methyl sites for hydroxylation is 1. The van der Waals surface area contributed by atoms with E-state index in [9.17, 15) is 4.79 Å². The van der Waals surface area contributed by atoms with Crippen LogP contribution in [0.5, 0.6) is 0 Å². The lowest BCUT2D eigenvalue weighted by Crippen LogP contribution is -2.15. The molecule has 0 spiro atoms. The first-order valence-electron chi connectivity index (χ1n) is 4.36. The van der Waals surface area contributed by atoms with Gasteiger partial charge in [-0.2, -0.15) is 0 Å². The fourth-order valence-corrected chi connectivity index (χ4v) is 1.21. The molecule has 0 aliphatic rings. The van der Waals surface area contributed by atoms with Gasteiger partial charge in [-0.1, -0.05) is 12.1 Å². The first-order valence-corrected chi connectivity index (χ1v) is 4.36. The minimum Gasteiger partial charge on any atom is -0.370 e. The summed E-state index contributed by atoms with van der Waals surface area (Å²) in [4.78, 5) is 10.6. The third-order valence-corrected chi connectivity index (χ3v) is 1.93. The number of primary amides is 1. The first kappa shape index (κ1) is 9.77. The van der Waals surface area contributed by atoms with E-state index in [1.807, 2.05) is 13.0 Å². The second-order valence-electron chi connectivity index (χ2n) is 3.31. The Morgan fingerprint density at radius 3 is 3.08 bits per heavy atom. The molecule has 72 valence electrons. The molecular weight excluding hydrogens is 168 g/mol. The highest BCUT2D eigenvalue weighted by atomic mass is 16.5. The Labute approximate surface area is 77.1 Å². The molecule has 0 radical (unpaired) electrons. The van der Waals surface area contributed by atoms with Crippen LogP contribution in [0.1, 0.15) is 25.5 Å². The summed E-state index contributed by atoms with van der Waals surface area (Å²) < 4.78 is 4.69. The zero-order chi connectivity index (χ0) is 9.68. The third-order valence-electron chi connectivity index (χ3n) is 1.93. The summed E-state index contributed by atoms with van der Waals surface area (Å²) in [6.07, 6.45) is 3.74. The number of hydrogen-bond donors (Lipinski definition) is 1. The lowest BCUT2D eigenvalue weighted by Gasteiger charge is -2.06. The van der Waals surface area contributed by atoms with E-state index >= 15 is 0 Å². The molecule has 1 atom stereocenters. The molecule has 1 amide bonds. The van der Waals surface area contributed by atoms with E-state index in [2.05, 4.69) is 9.68 Å². The molecule has 13 heavy (non-hydrogen) atoms. The SMILES string of the molecule is CC(CCc1ccon1)CC(N)=O. The molecule has 0 aromatic carbocycles. The molecule has 0 aliphatic carbocycles. The third kappa shape index (κ3) is 3.73. The highest BCUT2D eigenvalue weighted by Crippen LogP contribution is 2.10. The second kappa shape index (κ2) is 4.64. The average molecular weight is 182 g/mol. The molecule has 0 fully saturated rings. The monoisotopic (exact) mass is 182 g/mol. The van der Waals surface area contributed by atoms with Gasteiger partial charge >= 0.3 is 0 Å². The maximum Gasteiger partial charge on any atom is 0.217 e. The standard InChI is InChI=1S/C9H14N2O2/c1-7(6-9(10)12)2-3-8-4-5-13-11-8/h4-5,7H,2-3,6H2,1H3,(H2,10,12). The first-order chi connectivity index (χ1) is 6.18. The van der Waals surface area contributed by atoms with Crippen molar-refractivity contribution in [3.63, 3.8) is 0 Å². The molecule has 1 aromatic rings. The summed E-state index contributed by atoms with van der Waals surface area (Å²) in [5.74, 6) is 0.0712. The van der Waals surface area contributed by atoms with E-state index in [0.717, 1.165) is 18.5 Å². The summed E-state index contributed by atoms with van der Waals surface area (Å²) in [6, 6.07) is 1.83. The Balaban J connectivity index is 2.22. The van der Waals surface area contributed by atoms with Gasteiger partial charge in [0, 0.05) is 12.5 Å². The van der Waals surface area contributed by atoms with E-state index in [-0.39, 0.29) is 5.91 Å². The average Bonchev–Trinajstić information content (AvgIpc) is 2.51. The van der Waals surface area contributed by atoms with Crippen LogP contribution >= 0.6 is 0 Å². The second-order valence-corrected chi connectivity index (χ2v) is 3.31. The van der Waals surface area contributed by atoms with Gasteiger partial charge in [-0.3, -0.25) is 4.79 Å². The highest BCUT2D eigenvalue weighted by molar-refractivity contribution is 5.73. The predicted octanol–water partition coefficient (Wildman–Crippen LogP) is 1.12. The summed E-state index contributed by atoms with van der Waals surface area (Å²) in [6.45, 7) is 2.00. The van der Waals surface area contributed by atoms with Gasteiger partial charge in [-0.15, -0.1) is 0 Å². The quantitative estimate of drug-likeness (QED) is 0.741. The van der Waals surface area contributed by atoms with Crippen LogP contribution in [-0.2, 0) is 11.2 Å². The van der Waals surface area contributed by atoms with Gasteiger partial charge < -0.3 is 10.3 Å².